The molecule has 0 saturated heterocycles. The molecule has 1 fully saturated rings. The molecule has 0 spiro atoms. The van der Waals surface area contributed by atoms with Crippen molar-refractivity contribution in [2.75, 3.05) is 0 Å². The van der Waals surface area contributed by atoms with Gasteiger partial charge in [0.05, 0.1) is 11.2 Å². The van der Waals surface area contributed by atoms with Crippen LogP contribution in [0.5, 0.6) is 0 Å². The molecule has 130 valence electrons. The summed E-state index contributed by atoms with van der Waals surface area (Å²) < 4.78 is 41.4. The first kappa shape index (κ1) is 16.2. The number of halogens is 3. The number of aromatic amines is 1. The Morgan fingerprint density at radius 3 is 2.24 bits per heavy atom. The van der Waals surface area contributed by atoms with Crippen molar-refractivity contribution in [2.24, 2.45) is 5.73 Å². The molecule has 1 aliphatic carbocycles. The maximum atomic E-state index is 14.3. The third kappa shape index (κ3) is 2.93. The highest BCUT2D eigenvalue weighted by Gasteiger charge is 2.27. The van der Waals surface area contributed by atoms with Crippen LogP contribution in [0.25, 0.3) is 22.2 Å². The summed E-state index contributed by atoms with van der Waals surface area (Å²) in [5, 5.41) is 0.567. The Balaban J connectivity index is 1.93. The number of nitrogens with one attached hydrogen (secondary N) is 1. The first-order valence-electron chi connectivity index (χ1n) is 8.55. The van der Waals surface area contributed by atoms with Gasteiger partial charge in [-0.25, -0.2) is 13.2 Å². The normalized spacial score (nSPS) is 21.0. The van der Waals surface area contributed by atoms with Crippen LogP contribution in [0.1, 0.15) is 37.2 Å². The number of aromatic nitrogens is 1. The van der Waals surface area contributed by atoms with Gasteiger partial charge in [0.1, 0.15) is 17.5 Å². The highest BCUT2D eigenvalue weighted by Crippen LogP contribution is 2.42. The smallest absolute Gasteiger partial charge is 0.150 e. The van der Waals surface area contributed by atoms with Crippen molar-refractivity contribution in [3.8, 4) is 11.3 Å². The summed E-state index contributed by atoms with van der Waals surface area (Å²) in [6.45, 7) is 0. The van der Waals surface area contributed by atoms with E-state index in [1.165, 1.54) is 18.2 Å². The maximum absolute atomic E-state index is 14.3. The third-order valence-electron chi connectivity index (χ3n) is 5.18. The van der Waals surface area contributed by atoms with E-state index in [2.05, 4.69) is 4.98 Å². The largest absolute Gasteiger partial charge is 0.352 e. The fourth-order valence-electron chi connectivity index (χ4n) is 3.92. The van der Waals surface area contributed by atoms with Gasteiger partial charge >= 0.3 is 0 Å². The fourth-order valence-corrected chi connectivity index (χ4v) is 3.92. The lowest BCUT2D eigenvalue weighted by Crippen LogP contribution is -2.25. The van der Waals surface area contributed by atoms with Crippen LogP contribution in [0.15, 0.2) is 36.4 Å². The van der Waals surface area contributed by atoms with Crippen LogP contribution in [-0.4, -0.2) is 11.0 Å². The van der Waals surface area contributed by atoms with Crippen molar-refractivity contribution in [2.45, 2.75) is 37.6 Å². The number of hydrogen-bond acceptors (Lipinski definition) is 1. The van der Waals surface area contributed by atoms with Gasteiger partial charge in [0.2, 0.25) is 0 Å². The summed E-state index contributed by atoms with van der Waals surface area (Å²) >= 11 is 0. The SMILES string of the molecule is N[C@H]1CC[C@H](c2c(-c3ccc(F)cc3)[nH]c3c(F)cc(F)cc32)CC1. The molecule has 25 heavy (non-hydrogen) atoms. The summed E-state index contributed by atoms with van der Waals surface area (Å²) in [6, 6.07) is 8.51. The molecule has 1 heterocycles. The molecule has 1 aliphatic rings. The lowest BCUT2D eigenvalue weighted by molar-refractivity contribution is 0.397. The number of benzene rings is 2. The summed E-state index contributed by atoms with van der Waals surface area (Å²) in [5.74, 6) is -1.36. The molecule has 4 rings (SSSR count). The molecule has 0 bridgehead atoms. The Hall–Kier alpha value is -2.27. The molecule has 0 aliphatic heterocycles. The molecular formula is C20H19F3N2. The molecule has 0 radical (unpaired) electrons. The zero-order valence-corrected chi connectivity index (χ0v) is 13.7. The average molecular weight is 344 g/mol. The molecule has 2 aromatic carbocycles. The number of hydrogen-bond donors (Lipinski definition) is 2. The van der Waals surface area contributed by atoms with Gasteiger partial charge in [-0.3, -0.25) is 0 Å². The highest BCUT2D eigenvalue weighted by atomic mass is 19.1. The predicted octanol–water partition coefficient (Wildman–Crippen LogP) is 5.24. The maximum Gasteiger partial charge on any atom is 0.150 e. The molecule has 1 saturated carbocycles. The highest BCUT2D eigenvalue weighted by molar-refractivity contribution is 5.92. The van der Waals surface area contributed by atoms with E-state index in [0.29, 0.717) is 10.9 Å². The van der Waals surface area contributed by atoms with E-state index in [4.69, 9.17) is 5.73 Å². The lowest BCUT2D eigenvalue weighted by atomic mass is 9.80. The number of rotatable bonds is 2. The van der Waals surface area contributed by atoms with Gasteiger partial charge in [-0.2, -0.15) is 0 Å². The Labute approximate surface area is 143 Å². The molecular weight excluding hydrogens is 325 g/mol. The van der Waals surface area contributed by atoms with Gasteiger partial charge in [0.15, 0.2) is 0 Å². The van der Waals surface area contributed by atoms with Gasteiger partial charge < -0.3 is 10.7 Å². The topological polar surface area (TPSA) is 41.8 Å². The number of fused-ring (bicyclic) bond motifs is 1. The molecule has 3 aromatic rings. The van der Waals surface area contributed by atoms with E-state index in [-0.39, 0.29) is 17.8 Å². The zero-order chi connectivity index (χ0) is 17.6. The standard InChI is InChI=1S/C20H19F3N2/c21-13-5-1-12(2-6-13)19-18(11-3-7-15(24)8-4-11)16-9-14(22)10-17(23)20(16)25-19/h1-2,5-6,9-11,15,25H,3-4,7-8,24H2/t11-,15-. The summed E-state index contributed by atoms with van der Waals surface area (Å²) in [7, 11) is 0. The molecule has 0 unspecified atom stereocenters. The second-order valence-corrected chi connectivity index (χ2v) is 6.84. The second kappa shape index (κ2) is 6.23. The van der Waals surface area contributed by atoms with Crippen molar-refractivity contribution in [1.29, 1.82) is 0 Å². The Kier molecular flexibility index (Phi) is 4.04. The molecule has 2 nitrogen and oxygen atoms in total. The van der Waals surface area contributed by atoms with Crippen molar-refractivity contribution in [1.82, 2.24) is 4.98 Å². The third-order valence-corrected chi connectivity index (χ3v) is 5.18. The van der Waals surface area contributed by atoms with E-state index < -0.39 is 11.6 Å². The fraction of sp³-hybridized carbons (Fsp3) is 0.300. The Bertz CT molecular complexity index is 907. The molecule has 5 heteroatoms. The van der Waals surface area contributed by atoms with E-state index >= 15 is 0 Å². The predicted molar refractivity (Wildman–Crippen MR) is 92.8 cm³/mol. The average Bonchev–Trinajstić information content (AvgIpc) is 2.96. The van der Waals surface area contributed by atoms with Crippen molar-refractivity contribution >= 4 is 10.9 Å². The van der Waals surface area contributed by atoms with Crippen molar-refractivity contribution in [3.05, 3.63) is 59.4 Å². The summed E-state index contributed by atoms with van der Waals surface area (Å²) in [4.78, 5) is 3.11. The molecule has 0 amide bonds. The van der Waals surface area contributed by atoms with Crippen LogP contribution in [0.3, 0.4) is 0 Å². The van der Waals surface area contributed by atoms with Gasteiger partial charge in [0, 0.05) is 17.5 Å². The van der Waals surface area contributed by atoms with Crippen LogP contribution < -0.4 is 5.73 Å². The van der Waals surface area contributed by atoms with Crippen molar-refractivity contribution < 1.29 is 13.2 Å². The van der Waals surface area contributed by atoms with E-state index in [1.54, 1.807) is 12.1 Å². The number of H-pyrrole nitrogens is 1. The second-order valence-electron chi connectivity index (χ2n) is 6.84. The van der Waals surface area contributed by atoms with E-state index in [9.17, 15) is 13.2 Å². The minimum absolute atomic E-state index is 0.176. The first-order chi connectivity index (χ1) is 12.0. The van der Waals surface area contributed by atoms with Gasteiger partial charge in [-0.1, -0.05) is 0 Å². The van der Waals surface area contributed by atoms with Gasteiger partial charge in [0.25, 0.3) is 0 Å². The van der Waals surface area contributed by atoms with Gasteiger partial charge in [-0.15, -0.1) is 0 Å². The number of nitrogens with two attached hydrogens (primary N) is 1. The Morgan fingerprint density at radius 1 is 0.880 bits per heavy atom. The van der Waals surface area contributed by atoms with E-state index in [1.807, 2.05) is 0 Å². The van der Waals surface area contributed by atoms with Crippen LogP contribution in [0.2, 0.25) is 0 Å². The lowest BCUT2D eigenvalue weighted by Gasteiger charge is -2.27. The van der Waals surface area contributed by atoms with Crippen molar-refractivity contribution in [3.63, 3.8) is 0 Å². The van der Waals surface area contributed by atoms with Gasteiger partial charge in [-0.05, 0) is 73.1 Å². The monoisotopic (exact) mass is 344 g/mol. The summed E-state index contributed by atoms with van der Waals surface area (Å²) in [6.07, 6.45) is 3.52. The van der Waals surface area contributed by atoms with Crippen LogP contribution in [0.4, 0.5) is 13.2 Å². The molecule has 1 aromatic heterocycles. The van der Waals surface area contributed by atoms with Crippen LogP contribution in [0, 0.1) is 17.5 Å². The van der Waals surface area contributed by atoms with E-state index in [0.717, 1.165) is 48.6 Å². The molecule has 0 atom stereocenters. The zero-order valence-electron chi connectivity index (χ0n) is 13.7. The Morgan fingerprint density at radius 2 is 1.56 bits per heavy atom. The minimum atomic E-state index is -0.614. The quantitative estimate of drug-likeness (QED) is 0.656. The first-order valence-corrected chi connectivity index (χ1v) is 8.55. The summed E-state index contributed by atoms with van der Waals surface area (Å²) in [5.41, 5.74) is 8.72. The van der Waals surface area contributed by atoms with Crippen LogP contribution >= 0.6 is 0 Å². The molecule has 3 N–H and O–H groups in total. The minimum Gasteiger partial charge on any atom is -0.352 e. The van der Waals surface area contributed by atoms with Crippen LogP contribution in [-0.2, 0) is 0 Å².